The third-order valence-electron chi connectivity index (χ3n) is 4.28. The molecule has 3 heterocycles. The average Bonchev–Trinajstić information content (AvgIpc) is 3.01. The van der Waals surface area contributed by atoms with Crippen molar-refractivity contribution in [2.24, 2.45) is 0 Å². The Morgan fingerprint density at radius 1 is 1.38 bits per heavy atom. The number of amides is 2. The maximum atomic E-state index is 12.8. The summed E-state index contributed by atoms with van der Waals surface area (Å²) >= 11 is 0. The van der Waals surface area contributed by atoms with Gasteiger partial charge in [0.15, 0.2) is 0 Å². The van der Waals surface area contributed by atoms with Crippen molar-refractivity contribution in [1.82, 2.24) is 19.8 Å². The van der Waals surface area contributed by atoms with E-state index in [9.17, 15) is 9.59 Å². The largest absolute Gasteiger partial charge is 0.453 e. The van der Waals surface area contributed by atoms with Gasteiger partial charge in [-0.3, -0.25) is 9.69 Å². The number of carbonyl (C=O) groups excluding carboxylic acids is 2. The standard InChI is InChI=1S/C14H20N4O3/c1-21-14(20)18-6-3-2-4-12(18)13(19)17-7-5-10-11(8-17)16-9-15-10/h9,12H,2-8H2,1H3,(H,15,16). The first-order chi connectivity index (χ1) is 10.2. The molecule has 0 bridgehead atoms. The Kier molecular flexibility index (Phi) is 3.81. The Bertz CT molecular complexity index is 542. The van der Waals surface area contributed by atoms with E-state index in [0.717, 1.165) is 30.7 Å². The van der Waals surface area contributed by atoms with Crippen molar-refractivity contribution in [2.75, 3.05) is 20.2 Å². The third kappa shape index (κ3) is 2.59. The van der Waals surface area contributed by atoms with Crippen molar-refractivity contribution < 1.29 is 14.3 Å². The molecule has 1 atom stereocenters. The third-order valence-corrected chi connectivity index (χ3v) is 4.28. The lowest BCUT2D eigenvalue weighted by Gasteiger charge is -2.37. The number of fused-ring (bicyclic) bond motifs is 1. The molecule has 0 spiro atoms. The Morgan fingerprint density at radius 3 is 3.05 bits per heavy atom. The monoisotopic (exact) mass is 292 g/mol. The van der Waals surface area contributed by atoms with Crippen LogP contribution in [0.2, 0.25) is 0 Å². The fourth-order valence-corrected chi connectivity index (χ4v) is 3.14. The van der Waals surface area contributed by atoms with Crippen LogP contribution in [0.5, 0.6) is 0 Å². The number of nitrogens with one attached hydrogen (secondary N) is 1. The minimum absolute atomic E-state index is 0.0142. The van der Waals surface area contributed by atoms with Crippen molar-refractivity contribution in [3.8, 4) is 0 Å². The number of rotatable bonds is 1. The van der Waals surface area contributed by atoms with E-state index in [4.69, 9.17) is 4.74 Å². The summed E-state index contributed by atoms with van der Waals surface area (Å²) in [5.74, 6) is 0.0142. The summed E-state index contributed by atoms with van der Waals surface area (Å²) in [6, 6.07) is -0.393. The van der Waals surface area contributed by atoms with Crippen LogP contribution >= 0.6 is 0 Å². The molecule has 1 aromatic rings. The molecule has 7 heteroatoms. The molecule has 1 fully saturated rings. The number of piperidine rings is 1. The van der Waals surface area contributed by atoms with E-state index in [1.165, 1.54) is 7.11 Å². The number of hydrogen-bond acceptors (Lipinski definition) is 4. The van der Waals surface area contributed by atoms with Gasteiger partial charge in [-0.2, -0.15) is 0 Å². The predicted octanol–water partition coefficient (Wildman–Crippen LogP) is 0.915. The van der Waals surface area contributed by atoms with E-state index in [1.807, 2.05) is 4.90 Å². The van der Waals surface area contributed by atoms with Crippen LogP contribution in [0.3, 0.4) is 0 Å². The first kappa shape index (κ1) is 13.9. The summed E-state index contributed by atoms with van der Waals surface area (Å²) in [5, 5.41) is 0. The highest BCUT2D eigenvalue weighted by atomic mass is 16.5. The van der Waals surface area contributed by atoms with E-state index in [2.05, 4.69) is 9.97 Å². The number of likely N-dealkylation sites (tertiary alicyclic amines) is 1. The van der Waals surface area contributed by atoms with E-state index >= 15 is 0 Å². The number of imidazole rings is 1. The fourth-order valence-electron chi connectivity index (χ4n) is 3.14. The summed E-state index contributed by atoms with van der Waals surface area (Å²) in [4.78, 5) is 35.3. The molecule has 1 aromatic heterocycles. The Hall–Kier alpha value is -2.05. The Balaban J connectivity index is 1.73. The molecule has 2 amide bonds. The second kappa shape index (κ2) is 5.75. The normalized spacial score (nSPS) is 21.9. The van der Waals surface area contributed by atoms with Crippen molar-refractivity contribution in [1.29, 1.82) is 0 Å². The van der Waals surface area contributed by atoms with Crippen LogP contribution in [0.1, 0.15) is 30.7 Å². The predicted molar refractivity (Wildman–Crippen MR) is 74.5 cm³/mol. The van der Waals surface area contributed by atoms with Crippen molar-refractivity contribution in [3.63, 3.8) is 0 Å². The van der Waals surface area contributed by atoms with Gasteiger partial charge in [-0.25, -0.2) is 9.78 Å². The minimum atomic E-state index is -0.410. The summed E-state index contributed by atoms with van der Waals surface area (Å²) in [5.41, 5.74) is 2.03. The number of hydrogen-bond donors (Lipinski definition) is 1. The minimum Gasteiger partial charge on any atom is -0.453 e. The molecule has 3 rings (SSSR count). The van der Waals surface area contributed by atoms with Crippen LogP contribution in [0, 0.1) is 0 Å². The van der Waals surface area contributed by atoms with Gasteiger partial charge in [-0.1, -0.05) is 0 Å². The van der Waals surface area contributed by atoms with Gasteiger partial charge in [0, 0.05) is 19.5 Å². The highest BCUT2D eigenvalue weighted by Gasteiger charge is 2.36. The van der Waals surface area contributed by atoms with Crippen molar-refractivity contribution in [3.05, 3.63) is 17.7 Å². The average molecular weight is 292 g/mol. The number of carbonyl (C=O) groups is 2. The summed E-state index contributed by atoms with van der Waals surface area (Å²) in [7, 11) is 1.36. The second-order valence-electron chi connectivity index (χ2n) is 5.51. The van der Waals surface area contributed by atoms with Crippen molar-refractivity contribution >= 4 is 12.0 Å². The highest BCUT2D eigenvalue weighted by molar-refractivity contribution is 5.86. The quantitative estimate of drug-likeness (QED) is 0.834. The molecular weight excluding hydrogens is 272 g/mol. The van der Waals surface area contributed by atoms with Crippen LogP contribution in [0.4, 0.5) is 4.79 Å². The van der Waals surface area contributed by atoms with Gasteiger partial charge in [0.2, 0.25) is 5.91 Å². The first-order valence-corrected chi connectivity index (χ1v) is 7.35. The van der Waals surface area contributed by atoms with Gasteiger partial charge in [-0.05, 0) is 19.3 Å². The van der Waals surface area contributed by atoms with E-state index in [1.54, 1.807) is 11.2 Å². The zero-order chi connectivity index (χ0) is 14.8. The molecule has 1 N–H and O–H groups in total. The number of H-pyrrole nitrogens is 1. The maximum Gasteiger partial charge on any atom is 0.410 e. The number of aromatic amines is 1. The molecule has 21 heavy (non-hydrogen) atoms. The second-order valence-corrected chi connectivity index (χ2v) is 5.51. The molecule has 0 aromatic carbocycles. The van der Waals surface area contributed by atoms with Crippen LogP contribution in [0.25, 0.3) is 0 Å². The molecule has 0 saturated carbocycles. The fraction of sp³-hybridized carbons (Fsp3) is 0.643. The van der Waals surface area contributed by atoms with Gasteiger partial charge >= 0.3 is 6.09 Å². The lowest BCUT2D eigenvalue weighted by atomic mass is 10.0. The number of nitrogens with zero attached hydrogens (tertiary/aromatic N) is 3. The van der Waals surface area contributed by atoms with Crippen LogP contribution in [-0.4, -0.2) is 58.0 Å². The van der Waals surface area contributed by atoms with Gasteiger partial charge in [-0.15, -0.1) is 0 Å². The number of methoxy groups -OCH3 is 1. The van der Waals surface area contributed by atoms with Gasteiger partial charge in [0.25, 0.3) is 0 Å². The first-order valence-electron chi connectivity index (χ1n) is 7.35. The lowest BCUT2D eigenvalue weighted by Crippen LogP contribution is -2.53. The van der Waals surface area contributed by atoms with Gasteiger partial charge < -0.3 is 14.6 Å². The Morgan fingerprint density at radius 2 is 2.24 bits per heavy atom. The number of ether oxygens (including phenoxy) is 1. The van der Waals surface area contributed by atoms with Gasteiger partial charge in [0.05, 0.1) is 31.4 Å². The molecule has 1 saturated heterocycles. The van der Waals surface area contributed by atoms with E-state index in [-0.39, 0.29) is 5.91 Å². The van der Waals surface area contributed by atoms with E-state index in [0.29, 0.717) is 26.1 Å². The topological polar surface area (TPSA) is 78.5 Å². The highest BCUT2D eigenvalue weighted by Crippen LogP contribution is 2.23. The Labute approximate surface area is 123 Å². The van der Waals surface area contributed by atoms with Gasteiger partial charge in [0.1, 0.15) is 6.04 Å². The van der Waals surface area contributed by atoms with Crippen LogP contribution in [-0.2, 0) is 22.5 Å². The lowest BCUT2D eigenvalue weighted by molar-refractivity contribution is -0.138. The molecule has 1 unspecified atom stereocenters. The molecule has 7 nitrogen and oxygen atoms in total. The zero-order valence-corrected chi connectivity index (χ0v) is 12.2. The van der Waals surface area contributed by atoms with Crippen LogP contribution in [0.15, 0.2) is 6.33 Å². The zero-order valence-electron chi connectivity index (χ0n) is 12.2. The van der Waals surface area contributed by atoms with Crippen LogP contribution < -0.4 is 0 Å². The smallest absolute Gasteiger partial charge is 0.410 e. The molecule has 0 radical (unpaired) electrons. The summed E-state index contributed by atoms with van der Waals surface area (Å²) < 4.78 is 4.80. The summed E-state index contributed by atoms with van der Waals surface area (Å²) in [6.45, 7) is 1.79. The maximum absolute atomic E-state index is 12.8. The molecule has 0 aliphatic carbocycles. The number of aromatic nitrogens is 2. The SMILES string of the molecule is COC(=O)N1CCCCC1C(=O)N1CCc2nc[nH]c2C1. The molecule has 114 valence electrons. The molecule has 2 aliphatic heterocycles. The van der Waals surface area contributed by atoms with E-state index < -0.39 is 12.1 Å². The molecule has 2 aliphatic rings. The summed E-state index contributed by atoms with van der Waals surface area (Å²) in [6.07, 6.45) is 4.61. The molecular formula is C14H20N4O3. The van der Waals surface area contributed by atoms with Crippen molar-refractivity contribution in [2.45, 2.75) is 38.3 Å².